The van der Waals surface area contributed by atoms with Gasteiger partial charge >= 0.3 is 6.18 Å². The van der Waals surface area contributed by atoms with E-state index in [2.05, 4.69) is 15.5 Å². The Morgan fingerprint density at radius 3 is 2.67 bits per heavy atom. The Balaban J connectivity index is 2.13. The number of alkyl halides is 3. The Morgan fingerprint density at radius 2 is 2.10 bits per heavy atom. The van der Waals surface area contributed by atoms with Crippen molar-refractivity contribution in [2.75, 3.05) is 5.32 Å². The van der Waals surface area contributed by atoms with Gasteiger partial charge in [0.05, 0.1) is 28.4 Å². The van der Waals surface area contributed by atoms with Crippen LogP contribution in [0.2, 0.25) is 5.02 Å². The third-order valence-electron chi connectivity index (χ3n) is 2.67. The lowest BCUT2D eigenvalue weighted by Crippen LogP contribution is -2.16. The molecule has 0 aliphatic carbocycles. The fourth-order valence-corrected chi connectivity index (χ4v) is 1.89. The molecule has 0 saturated carbocycles. The predicted octanol–water partition coefficient (Wildman–Crippen LogP) is 3.57. The van der Waals surface area contributed by atoms with E-state index in [1.807, 2.05) is 0 Å². The second kappa shape index (κ2) is 5.77. The van der Waals surface area contributed by atoms with Crippen LogP contribution in [0.4, 0.5) is 18.9 Å². The largest absolute Gasteiger partial charge is 0.416 e. The van der Waals surface area contributed by atoms with Crippen molar-refractivity contribution in [3.63, 3.8) is 0 Å². The van der Waals surface area contributed by atoms with Crippen LogP contribution < -0.4 is 5.32 Å². The van der Waals surface area contributed by atoms with Crippen LogP contribution in [-0.4, -0.2) is 16.1 Å². The number of carbonyl (C=O) groups is 1. The number of amides is 1. The maximum atomic E-state index is 12.6. The summed E-state index contributed by atoms with van der Waals surface area (Å²) in [5.74, 6) is -0.497. The van der Waals surface area contributed by atoms with E-state index in [0.717, 1.165) is 23.9 Å². The molecule has 0 saturated heterocycles. The number of hydrogen-bond acceptors (Lipinski definition) is 2. The summed E-state index contributed by atoms with van der Waals surface area (Å²) < 4.78 is 37.9. The van der Waals surface area contributed by atoms with Crippen LogP contribution in [0.15, 0.2) is 24.3 Å². The van der Waals surface area contributed by atoms with Crippen molar-refractivity contribution in [2.24, 2.45) is 0 Å². The Morgan fingerprint density at radius 1 is 1.38 bits per heavy atom. The first-order chi connectivity index (χ1) is 9.75. The highest BCUT2D eigenvalue weighted by molar-refractivity contribution is 6.33. The van der Waals surface area contributed by atoms with E-state index < -0.39 is 17.6 Å². The maximum Gasteiger partial charge on any atom is 0.416 e. The van der Waals surface area contributed by atoms with Gasteiger partial charge < -0.3 is 5.32 Å². The number of aromatic nitrogens is 2. The minimum Gasteiger partial charge on any atom is -0.324 e. The van der Waals surface area contributed by atoms with Gasteiger partial charge in [-0.2, -0.15) is 18.3 Å². The summed E-state index contributed by atoms with van der Waals surface area (Å²) in [6, 6.07) is 4.43. The van der Waals surface area contributed by atoms with Crippen molar-refractivity contribution in [2.45, 2.75) is 19.5 Å². The van der Waals surface area contributed by atoms with Crippen molar-refractivity contribution >= 4 is 23.2 Å². The highest BCUT2D eigenvalue weighted by Crippen LogP contribution is 2.33. The Kier molecular flexibility index (Phi) is 4.22. The lowest BCUT2D eigenvalue weighted by molar-refractivity contribution is -0.137. The van der Waals surface area contributed by atoms with Gasteiger partial charge in [-0.1, -0.05) is 11.6 Å². The number of carbonyl (C=O) groups excluding carboxylic acids is 1. The molecule has 0 radical (unpaired) electrons. The topological polar surface area (TPSA) is 57.8 Å². The molecule has 2 N–H and O–H groups in total. The zero-order valence-electron chi connectivity index (χ0n) is 10.9. The van der Waals surface area contributed by atoms with Gasteiger partial charge in [0.25, 0.3) is 0 Å². The zero-order valence-corrected chi connectivity index (χ0v) is 11.6. The smallest absolute Gasteiger partial charge is 0.324 e. The van der Waals surface area contributed by atoms with Gasteiger partial charge in [-0.05, 0) is 31.2 Å². The van der Waals surface area contributed by atoms with Gasteiger partial charge in [-0.15, -0.1) is 0 Å². The van der Waals surface area contributed by atoms with Crippen molar-refractivity contribution in [3.05, 3.63) is 46.2 Å². The summed E-state index contributed by atoms with van der Waals surface area (Å²) in [6.45, 7) is 1.78. The molecular formula is C13H11ClF3N3O. The number of halogens is 4. The number of aryl methyl sites for hydroxylation is 1. The molecule has 0 unspecified atom stereocenters. The van der Waals surface area contributed by atoms with Crippen LogP contribution in [0, 0.1) is 6.92 Å². The van der Waals surface area contributed by atoms with E-state index in [0.29, 0.717) is 5.69 Å². The number of rotatable bonds is 3. The Bertz CT molecular complexity index is 667. The molecule has 1 aromatic heterocycles. The summed E-state index contributed by atoms with van der Waals surface area (Å²) in [5, 5.41) is 8.94. The number of benzene rings is 1. The van der Waals surface area contributed by atoms with Crippen LogP contribution in [0.5, 0.6) is 0 Å². The minimum atomic E-state index is -4.50. The average molecular weight is 318 g/mol. The molecule has 0 aliphatic heterocycles. The molecule has 0 fully saturated rings. The van der Waals surface area contributed by atoms with Gasteiger partial charge in [0.15, 0.2) is 0 Å². The lowest BCUT2D eigenvalue weighted by atomic mass is 10.2. The number of nitrogens with zero attached hydrogens (tertiary/aromatic N) is 1. The van der Waals surface area contributed by atoms with Crippen molar-refractivity contribution in [1.29, 1.82) is 0 Å². The molecule has 8 heteroatoms. The van der Waals surface area contributed by atoms with Gasteiger partial charge in [0.2, 0.25) is 5.91 Å². The highest BCUT2D eigenvalue weighted by Gasteiger charge is 2.31. The molecule has 4 nitrogen and oxygen atoms in total. The minimum absolute atomic E-state index is 0.0366. The van der Waals surface area contributed by atoms with Crippen LogP contribution in [0.25, 0.3) is 0 Å². The summed E-state index contributed by atoms with van der Waals surface area (Å²) in [5.41, 5.74) is 0.324. The molecule has 0 spiro atoms. The van der Waals surface area contributed by atoms with Crippen molar-refractivity contribution < 1.29 is 18.0 Å². The van der Waals surface area contributed by atoms with E-state index in [4.69, 9.17) is 11.6 Å². The summed E-state index contributed by atoms with van der Waals surface area (Å²) in [4.78, 5) is 11.8. The van der Waals surface area contributed by atoms with Crippen molar-refractivity contribution in [1.82, 2.24) is 10.2 Å². The van der Waals surface area contributed by atoms with Crippen molar-refractivity contribution in [3.8, 4) is 0 Å². The fourth-order valence-electron chi connectivity index (χ4n) is 1.72. The van der Waals surface area contributed by atoms with Gasteiger partial charge in [-0.3, -0.25) is 9.89 Å². The molecule has 0 atom stereocenters. The summed E-state index contributed by atoms with van der Waals surface area (Å²) in [6.07, 6.45) is -4.56. The monoisotopic (exact) mass is 317 g/mol. The molecule has 0 bridgehead atoms. The van der Waals surface area contributed by atoms with E-state index in [1.54, 1.807) is 13.0 Å². The van der Waals surface area contributed by atoms with E-state index in [9.17, 15) is 18.0 Å². The van der Waals surface area contributed by atoms with Crippen LogP contribution in [0.3, 0.4) is 0 Å². The van der Waals surface area contributed by atoms with E-state index in [-0.39, 0.29) is 17.1 Å². The highest BCUT2D eigenvalue weighted by atomic mass is 35.5. The first-order valence-corrected chi connectivity index (χ1v) is 6.31. The normalized spacial score (nSPS) is 11.5. The second-order valence-corrected chi connectivity index (χ2v) is 4.87. The van der Waals surface area contributed by atoms with E-state index in [1.165, 1.54) is 0 Å². The quantitative estimate of drug-likeness (QED) is 0.909. The van der Waals surface area contributed by atoms with Crippen LogP contribution in [0.1, 0.15) is 17.0 Å². The first kappa shape index (κ1) is 15.4. The molecule has 112 valence electrons. The SMILES string of the molecule is Cc1cc(CC(=O)Nc2cc(C(F)(F)F)ccc2Cl)n[nH]1. The second-order valence-electron chi connectivity index (χ2n) is 4.46. The molecular weight excluding hydrogens is 307 g/mol. The summed E-state index contributed by atoms with van der Waals surface area (Å²) >= 11 is 5.79. The Hall–Kier alpha value is -2.02. The van der Waals surface area contributed by atoms with Crippen LogP contribution >= 0.6 is 11.6 Å². The van der Waals surface area contributed by atoms with Gasteiger partial charge in [0.1, 0.15) is 0 Å². The predicted molar refractivity (Wildman–Crippen MR) is 72.1 cm³/mol. The van der Waals surface area contributed by atoms with E-state index >= 15 is 0 Å². The standard InChI is InChI=1S/C13H11ClF3N3O/c1-7-4-9(20-19-7)6-12(21)18-11-5-8(13(15,16)17)2-3-10(11)14/h2-5H,6H2,1H3,(H,18,21)(H,19,20). The fraction of sp³-hybridized carbons (Fsp3) is 0.231. The number of hydrogen-bond donors (Lipinski definition) is 2. The Labute approximate surface area is 123 Å². The molecule has 1 amide bonds. The van der Waals surface area contributed by atoms with Gasteiger partial charge in [0, 0.05) is 5.69 Å². The summed E-state index contributed by atoms with van der Waals surface area (Å²) in [7, 11) is 0. The average Bonchev–Trinajstić information content (AvgIpc) is 2.76. The number of aromatic amines is 1. The molecule has 21 heavy (non-hydrogen) atoms. The molecule has 2 rings (SSSR count). The third kappa shape index (κ3) is 3.98. The molecule has 2 aromatic rings. The number of anilines is 1. The number of H-pyrrole nitrogens is 1. The first-order valence-electron chi connectivity index (χ1n) is 5.93. The van der Waals surface area contributed by atoms with Gasteiger partial charge in [-0.25, -0.2) is 0 Å². The zero-order chi connectivity index (χ0) is 15.6. The lowest BCUT2D eigenvalue weighted by Gasteiger charge is -2.11. The number of nitrogens with one attached hydrogen (secondary N) is 2. The third-order valence-corrected chi connectivity index (χ3v) is 3.00. The molecule has 1 heterocycles. The molecule has 1 aromatic carbocycles. The maximum absolute atomic E-state index is 12.6. The molecule has 0 aliphatic rings. The van der Waals surface area contributed by atoms with Crippen LogP contribution in [-0.2, 0) is 17.4 Å².